The van der Waals surface area contributed by atoms with Crippen molar-refractivity contribution in [2.45, 2.75) is 50.8 Å². The van der Waals surface area contributed by atoms with Gasteiger partial charge in [0.1, 0.15) is 0 Å². The molecule has 2 unspecified atom stereocenters. The Bertz CT molecular complexity index is 338. The molecule has 0 aromatic rings. The van der Waals surface area contributed by atoms with E-state index in [-0.39, 0.29) is 22.5 Å². The third kappa shape index (κ3) is 4.23. The minimum Gasteiger partial charge on any atom is -0.385 e. The van der Waals surface area contributed by atoms with Crippen molar-refractivity contribution in [1.29, 1.82) is 0 Å². The second kappa shape index (κ2) is 5.67. The fourth-order valence-corrected chi connectivity index (χ4v) is 4.69. The quantitative estimate of drug-likeness (QED) is 0.760. The molecule has 0 aromatic heterocycles. The lowest BCUT2D eigenvalue weighted by atomic mass is 9.75. The summed E-state index contributed by atoms with van der Waals surface area (Å²) in [6.45, 7) is 4.73. The molecule has 102 valence electrons. The molecule has 1 rings (SSSR count). The van der Waals surface area contributed by atoms with Crippen LogP contribution in [0.4, 0.5) is 0 Å². The van der Waals surface area contributed by atoms with Gasteiger partial charge in [0.25, 0.3) is 0 Å². The van der Waals surface area contributed by atoms with Gasteiger partial charge in [0.05, 0.1) is 11.0 Å². The van der Waals surface area contributed by atoms with Crippen molar-refractivity contribution in [1.82, 2.24) is 0 Å². The number of rotatable bonds is 5. The lowest BCUT2D eigenvalue weighted by Gasteiger charge is -2.38. The molecule has 0 spiro atoms. The van der Waals surface area contributed by atoms with Crippen LogP contribution in [-0.2, 0) is 14.6 Å². The topological polar surface area (TPSA) is 69.4 Å². The van der Waals surface area contributed by atoms with Crippen molar-refractivity contribution in [2.24, 2.45) is 11.1 Å². The molecule has 2 N–H and O–H groups in total. The molecule has 17 heavy (non-hydrogen) atoms. The standard InChI is InChI=1S/C12H25NO3S/c1-12(2)6-5-10(13)11(9-12)17(14,15)8-4-7-16-3/h10-11H,4-9,13H2,1-3H3. The summed E-state index contributed by atoms with van der Waals surface area (Å²) in [5.74, 6) is 0.190. The number of ether oxygens (including phenoxy) is 1. The number of sulfone groups is 1. The summed E-state index contributed by atoms with van der Waals surface area (Å²) >= 11 is 0. The highest BCUT2D eigenvalue weighted by Crippen LogP contribution is 2.37. The fraction of sp³-hybridized carbons (Fsp3) is 1.00. The number of hydrogen-bond donors (Lipinski definition) is 1. The van der Waals surface area contributed by atoms with Crippen molar-refractivity contribution in [3.8, 4) is 0 Å². The van der Waals surface area contributed by atoms with Crippen LogP contribution in [0.5, 0.6) is 0 Å². The Morgan fingerprint density at radius 1 is 1.41 bits per heavy atom. The van der Waals surface area contributed by atoms with Crippen molar-refractivity contribution < 1.29 is 13.2 Å². The molecule has 4 nitrogen and oxygen atoms in total. The summed E-state index contributed by atoms with van der Waals surface area (Å²) in [5.41, 5.74) is 6.07. The Morgan fingerprint density at radius 3 is 2.65 bits per heavy atom. The van der Waals surface area contributed by atoms with E-state index >= 15 is 0 Å². The zero-order valence-corrected chi connectivity index (χ0v) is 11.9. The number of hydrogen-bond acceptors (Lipinski definition) is 4. The predicted octanol–water partition coefficient (Wildman–Crippen LogP) is 1.34. The van der Waals surface area contributed by atoms with E-state index in [1.165, 1.54) is 0 Å². The van der Waals surface area contributed by atoms with Gasteiger partial charge in [-0.1, -0.05) is 13.8 Å². The van der Waals surface area contributed by atoms with Crippen LogP contribution in [0.25, 0.3) is 0 Å². The minimum atomic E-state index is -3.08. The first-order valence-electron chi connectivity index (χ1n) is 6.24. The van der Waals surface area contributed by atoms with E-state index in [1.54, 1.807) is 7.11 Å². The van der Waals surface area contributed by atoms with Gasteiger partial charge in [0, 0.05) is 19.8 Å². The van der Waals surface area contributed by atoms with Gasteiger partial charge in [0.15, 0.2) is 9.84 Å². The Hall–Kier alpha value is -0.130. The van der Waals surface area contributed by atoms with E-state index in [1.807, 2.05) is 0 Å². The van der Waals surface area contributed by atoms with E-state index < -0.39 is 9.84 Å². The molecular weight excluding hydrogens is 238 g/mol. The van der Waals surface area contributed by atoms with E-state index in [0.29, 0.717) is 19.4 Å². The third-order valence-corrected chi connectivity index (χ3v) is 5.92. The van der Waals surface area contributed by atoms with Gasteiger partial charge in [0.2, 0.25) is 0 Å². The van der Waals surface area contributed by atoms with Crippen molar-refractivity contribution in [3.05, 3.63) is 0 Å². The Labute approximate surface area is 105 Å². The lowest BCUT2D eigenvalue weighted by molar-refractivity contribution is 0.199. The van der Waals surface area contributed by atoms with E-state index in [9.17, 15) is 8.42 Å². The molecule has 0 radical (unpaired) electrons. The zero-order chi connectivity index (χ0) is 13.1. The summed E-state index contributed by atoms with van der Waals surface area (Å²) in [5, 5.41) is -0.372. The third-order valence-electron chi connectivity index (χ3n) is 3.62. The average molecular weight is 263 g/mol. The number of nitrogens with two attached hydrogens (primary N) is 1. The van der Waals surface area contributed by atoms with Gasteiger partial charge in [-0.15, -0.1) is 0 Å². The van der Waals surface area contributed by atoms with Crippen LogP contribution >= 0.6 is 0 Å². The predicted molar refractivity (Wildman–Crippen MR) is 69.7 cm³/mol. The smallest absolute Gasteiger partial charge is 0.154 e. The summed E-state index contributed by atoms with van der Waals surface area (Å²) < 4.78 is 29.3. The molecule has 1 saturated carbocycles. The van der Waals surface area contributed by atoms with E-state index in [0.717, 1.165) is 12.8 Å². The Balaban J connectivity index is 2.68. The Kier molecular flexibility index (Phi) is 4.98. The van der Waals surface area contributed by atoms with Crippen LogP contribution in [0.1, 0.15) is 39.5 Å². The second-order valence-corrected chi connectivity index (χ2v) is 8.16. The maximum absolute atomic E-state index is 12.2. The molecule has 1 aliphatic carbocycles. The molecule has 1 aliphatic rings. The summed E-state index contributed by atoms with van der Waals surface area (Å²) in [4.78, 5) is 0. The van der Waals surface area contributed by atoms with Crippen LogP contribution in [0.15, 0.2) is 0 Å². The molecule has 2 atom stereocenters. The van der Waals surface area contributed by atoms with Crippen LogP contribution < -0.4 is 5.73 Å². The van der Waals surface area contributed by atoms with Gasteiger partial charge >= 0.3 is 0 Å². The maximum Gasteiger partial charge on any atom is 0.154 e. The van der Waals surface area contributed by atoms with Crippen molar-refractivity contribution in [3.63, 3.8) is 0 Å². The fourth-order valence-electron chi connectivity index (χ4n) is 2.49. The van der Waals surface area contributed by atoms with Crippen molar-refractivity contribution >= 4 is 9.84 Å². The lowest BCUT2D eigenvalue weighted by Crippen LogP contribution is -2.48. The summed E-state index contributed by atoms with van der Waals surface area (Å²) in [6, 6.07) is -0.199. The summed E-state index contributed by atoms with van der Waals surface area (Å²) in [7, 11) is -1.50. The molecule has 0 aromatic carbocycles. The second-order valence-electron chi connectivity index (χ2n) is 5.82. The first kappa shape index (κ1) is 14.9. The van der Waals surface area contributed by atoms with Gasteiger partial charge in [-0.2, -0.15) is 0 Å². The van der Waals surface area contributed by atoms with Crippen LogP contribution in [0.3, 0.4) is 0 Å². The molecule has 0 aliphatic heterocycles. The SMILES string of the molecule is COCCCS(=O)(=O)C1CC(C)(C)CCC1N. The molecule has 0 bridgehead atoms. The normalized spacial score (nSPS) is 29.2. The van der Waals surface area contributed by atoms with Gasteiger partial charge in [-0.25, -0.2) is 8.42 Å². The van der Waals surface area contributed by atoms with Crippen LogP contribution in [-0.4, -0.2) is 39.2 Å². The van der Waals surface area contributed by atoms with Crippen LogP contribution in [0.2, 0.25) is 0 Å². The van der Waals surface area contributed by atoms with E-state index in [4.69, 9.17) is 10.5 Å². The van der Waals surface area contributed by atoms with Gasteiger partial charge in [-0.3, -0.25) is 0 Å². The van der Waals surface area contributed by atoms with Gasteiger partial charge < -0.3 is 10.5 Å². The Morgan fingerprint density at radius 2 is 2.06 bits per heavy atom. The monoisotopic (exact) mass is 263 g/mol. The first-order chi connectivity index (χ1) is 7.78. The number of methoxy groups -OCH3 is 1. The highest BCUT2D eigenvalue weighted by atomic mass is 32.2. The van der Waals surface area contributed by atoms with Crippen molar-refractivity contribution in [2.75, 3.05) is 19.5 Å². The molecular formula is C12H25NO3S. The molecule has 1 fully saturated rings. The zero-order valence-electron chi connectivity index (χ0n) is 11.1. The summed E-state index contributed by atoms with van der Waals surface area (Å²) in [6.07, 6.45) is 3.06. The molecule has 0 amide bonds. The minimum absolute atomic E-state index is 0.0921. The molecule has 0 saturated heterocycles. The maximum atomic E-state index is 12.2. The molecule has 5 heteroatoms. The largest absolute Gasteiger partial charge is 0.385 e. The van der Waals surface area contributed by atoms with E-state index in [2.05, 4.69) is 13.8 Å². The molecule has 0 heterocycles. The van der Waals surface area contributed by atoms with Crippen LogP contribution in [0, 0.1) is 5.41 Å². The first-order valence-corrected chi connectivity index (χ1v) is 7.96. The highest BCUT2D eigenvalue weighted by molar-refractivity contribution is 7.92. The highest BCUT2D eigenvalue weighted by Gasteiger charge is 2.39. The average Bonchev–Trinajstić information content (AvgIpc) is 2.22. The van der Waals surface area contributed by atoms with Gasteiger partial charge in [-0.05, 0) is 31.1 Å².